The van der Waals surface area contributed by atoms with Crippen molar-refractivity contribution in [1.82, 2.24) is 9.55 Å². The first kappa shape index (κ1) is 17.4. The molecule has 0 amide bonds. The van der Waals surface area contributed by atoms with Crippen LogP contribution in [-0.4, -0.2) is 27.9 Å². The minimum atomic E-state index is -0.268. The van der Waals surface area contributed by atoms with E-state index in [9.17, 15) is 4.79 Å². The average Bonchev–Trinajstić information content (AvgIpc) is 3.33. The highest BCUT2D eigenvalue weighted by molar-refractivity contribution is 7.12. The molecule has 1 atom stereocenters. The van der Waals surface area contributed by atoms with E-state index >= 15 is 0 Å². The second kappa shape index (κ2) is 8.12. The van der Waals surface area contributed by atoms with Crippen molar-refractivity contribution in [3.8, 4) is 5.00 Å². The van der Waals surface area contributed by atoms with E-state index in [4.69, 9.17) is 0 Å². The molecule has 0 unspecified atom stereocenters. The lowest BCUT2D eigenvalue weighted by Gasteiger charge is -2.30. The molecular weight excluding hydrogens is 330 g/mol. The van der Waals surface area contributed by atoms with E-state index in [2.05, 4.69) is 28.9 Å². The minimum Gasteiger partial charge on any atom is -0.361 e. The van der Waals surface area contributed by atoms with E-state index in [1.165, 1.54) is 0 Å². The lowest BCUT2D eigenvalue weighted by molar-refractivity contribution is 0.0952. The summed E-state index contributed by atoms with van der Waals surface area (Å²) < 4.78 is 1.88. The van der Waals surface area contributed by atoms with Gasteiger partial charge in [-0.1, -0.05) is 31.5 Å². The van der Waals surface area contributed by atoms with E-state index in [-0.39, 0.29) is 11.8 Å². The van der Waals surface area contributed by atoms with Gasteiger partial charge in [-0.25, -0.2) is 4.98 Å². The summed E-state index contributed by atoms with van der Waals surface area (Å²) in [6.45, 7) is 4.99. The molecular formula is C20H23N3OS. The van der Waals surface area contributed by atoms with E-state index in [0.717, 1.165) is 30.1 Å². The Labute approximate surface area is 152 Å². The van der Waals surface area contributed by atoms with Crippen molar-refractivity contribution < 1.29 is 4.79 Å². The molecule has 3 rings (SSSR count). The predicted molar refractivity (Wildman–Crippen MR) is 104 cm³/mol. The number of rotatable bonds is 8. The largest absolute Gasteiger partial charge is 0.361 e. The summed E-state index contributed by atoms with van der Waals surface area (Å²) in [6.07, 6.45) is 5.68. The van der Waals surface area contributed by atoms with Crippen LogP contribution in [0.15, 0.2) is 60.2 Å². The highest BCUT2D eigenvalue weighted by Crippen LogP contribution is 2.22. The number of nitrogens with zero attached hydrogens (tertiary/aromatic N) is 3. The second-order valence-corrected chi connectivity index (χ2v) is 6.92. The van der Waals surface area contributed by atoms with Crippen LogP contribution in [0.3, 0.4) is 0 Å². The number of hydrogen-bond donors (Lipinski definition) is 0. The molecule has 0 spiro atoms. The van der Waals surface area contributed by atoms with Crippen molar-refractivity contribution >= 4 is 22.8 Å². The van der Waals surface area contributed by atoms with Gasteiger partial charge in [0.05, 0.1) is 6.04 Å². The summed E-state index contributed by atoms with van der Waals surface area (Å²) in [7, 11) is 0. The summed E-state index contributed by atoms with van der Waals surface area (Å²) in [6, 6.07) is 13.9. The summed E-state index contributed by atoms with van der Waals surface area (Å²) in [5, 5.41) is 3.01. The van der Waals surface area contributed by atoms with Gasteiger partial charge < -0.3 is 4.90 Å². The number of carbonyl (C=O) groups is 1. The quantitative estimate of drug-likeness (QED) is 0.545. The fraction of sp³-hybridized carbons (Fsp3) is 0.300. The Morgan fingerprint density at radius 2 is 2.04 bits per heavy atom. The Bertz CT molecular complexity index is 795. The van der Waals surface area contributed by atoms with Crippen molar-refractivity contribution in [1.29, 1.82) is 0 Å². The predicted octanol–water partition coefficient (Wildman–Crippen LogP) is 4.81. The standard InChI is InChI=1S/C20H23N3OS/c1-3-4-13-22(17-9-6-5-7-10-17)16(2)19(24)20-21-12-14-23(20)18-11-8-15-25-18/h5-12,14-16H,3-4,13H2,1-2H3/t16-/m0/s1. The fourth-order valence-electron chi connectivity index (χ4n) is 2.89. The zero-order valence-electron chi connectivity index (χ0n) is 14.6. The summed E-state index contributed by atoms with van der Waals surface area (Å²) in [5.74, 6) is 0.533. The molecule has 3 aromatic rings. The van der Waals surface area contributed by atoms with Gasteiger partial charge in [0.2, 0.25) is 5.78 Å². The number of Topliss-reactive ketones (excluding diaryl/α,β-unsaturated/α-hetero) is 1. The van der Waals surface area contributed by atoms with E-state index in [1.807, 2.05) is 53.4 Å². The second-order valence-electron chi connectivity index (χ2n) is 5.99. The summed E-state index contributed by atoms with van der Waals surface area (Å²) in [4.78, 5) is 19.7. The van der Waals surface area contributed by atoms with Crippen molar-refractivity contribution in [2.45, 2.75) is 32.7 Å². The number of imidazole rings is 1. The molecule has 0 saturated carbocycles. The molecule has 0 radical (unpaired) electrons. The van der Waals surface area contributed by atoms with Crippen LogP contribution in [0.2, 0.25) is 0 Å². The summed E-state index contributed by atoms with van der Waals surface area (Å²) in [5.41, 5.74) is 1.08. The maximum absolute atomic E-state index is 13.2. The van der Waals surface area contributed by atoms with Gasteiger partial charge in [-0.15, -0.1) is 11.3 Å². The van der Waals surface area contributed by atoms with Crippen LogP contribution < -0.4 is 4.90 Å². The average molecular weight is 353 g/mol. The van der Waals surface area contributed by atoms with Crippen molar-refractivity contribution in [3.63, 3.8) is 0 Å². The third-order valence-electron chi connectivity index (χ3n) is 4.29. The van der Waals surface area contributed by atoms with E-state index < -0.39 is 0 Å². The molecule has 4 nitrogen and oxygen atoms in total. The monoisotopic (exact) mass is 353 g/mol. The number of aromatic nitrogens is 2. The number of ketones is 1. The van der Waals surface area contributed by atoms with Crippen LogP contribution in [0, 0.1) is 0 Å². The number of anilines is 1. The maximum atomic E-state index is 13.2. The molecule has 130 valence electrons. The Hall–Kier alpha value is -2.40. The molecule has 0 fully saturated rings. The van der Waals surface area contributed by atoms with Crippen LogP contribution in [0.4, 0.5) is 5.69 Å². The molecule has 5 heteroatoms. The molecule has 0 aliphatic heterocycles. The van der Waals surface area contributed by atoms with Crippen LogP contribution in [0.1, 0.15) is 37.3 Å². The van der Waals surface area contributed by atoms with Crippen LogP contribution in [0.25, 0.3) is 5.00 Å². The molecule has 2 aromatic heterocycles. The van der Waals surface area contributed by atoms with Gasteiger partial charge in [0.25, 0.3) is 0 Å². The first-order valence-corrected chi connectivity index (χ1v) is 9.53. The fourth-order valence-corrected chi connectivity index (χ4v) is 3.61. The van der Waals surface area contributed by atoms with Gasteiger partial charge in [0, 0.05) is 24.6 Å². The first-order valence-electron chi connectivity index (χ1n) is 8.65. The number of carbonyl (C=O) groups excluding carboxylic acids is 1. The zero-order chi connectivity index (χ0) is 17.6. The van der Waals surface area contributed by atoms with Gasteiger partial charge in [0.1, 0.15) is 5.00 Å². The SMILES string of the molecule is CCCCN(c1ccccc1)[C@@H](C)C(=O)c1nccn1-c1cccs1. The topological polar surface area (TPSA) is 38.1 Å². The first-order chi connectivity index (χ1) is 12.2. The highest BCUT2D eigenvalue weighted by Gasteiger charge is 2.26. The molecule has 2 heterocycles. The molecule has 1 aromatic carbocycles. The van der Waals surface area contributed by atoms with E-state index in [1.54, 1.807) is 17.5 Å². The van der Waals surface area contributed by atoms with Crippen LogP contribution in [0.5, 0.6) is 0 Å². The maximum Gasteiger partial charge on any atom is 0.220 e. The number of unbranched alkanes of at least 4 members (excludes halogenated alkanes) is 1. The van der Waals surface area contributed by atoms with Crippen molar-refractivity contribution in [3.05, 3.63) is 66.1 Å². The Morgan fingerprint density at radius 1 is 1.24 bits per heavy atom. The van der Waals surface area contributed by atoms with E-state index in [0.29, 0.717) is 5.82 Å². The number of benzene rings is 1. The number of para-hydroxylation sites is 1. The third-order valence-corrected chi connectivity index (χ3v) is 5.16. The Kier molecular flexibility index (Phi) is 5.66. The normalized spacial score (nSPS) is 12.1. The minimum absolute atomic E-state index is 0.0401. The molecule has 0 bridgehead atoms. The van der Waals surface area contributed by atoms with Gasteiger partial charge in [0.15, 0.2) is 5.82 Å². The molecule has 25 heavy (non-hydrogen) atoms. The molecule has 0 aliphatic rings. The molecule has 0 N–H and O–H groups in total. The Morgan fingerprint density at radius 3 is 2.72 bits per heavy atom. The zero-order valence-corrected chi connectivity index (χ0v) is 15.4. The molecule has 0 aliphatic carbocycles. The van der Waals surface area contributed by atoms with Gasteiger partial charge in [-0.05, 0) is 43.0 Å². The number of hydrogen-bond acceptors (Lipinski definition) is 4. The smallest absolute Gasteiger partial charge is 0.220 e. The van der Waals surface area contributed by atoms with Gasteiger partial charge in [-0.3, -0.25) is 9.36 Å². The molecule has 0 saturated heterocycles. The Balaban J connectivity index is 1.88. The van der Waals surface area contributed by atoms with Crippen LogP contribution in [-0.2, 0) is 0 Å². The van der Waals surface area contributed by atoms with Gasteiger partial charge in [-0.2, -0.15) is 0 Å². The third kappa shape index (κ3) is 3.82. The number of thiophene rings is 1. The lowest BCUT2D eigenvalue weighted by atomic mass is 10.1. The highest BCUT2D eigenvalue weighted by atomic mass is 32.1. The van der Waals surface area contributed by atoms with Crippen LogP contribution >= 0.6 is 11.3 Å². The lowest BCUT2D eigenvalue weighted by Crippen LogP contribution is -2.40. The van der Waals surface area contributed by atoms with Crippen molar-refractivity contribution in [2.75, 3.05) is 11.4 Å². The summed E-state index contributed by atoms with van der Waals surface area (Å²) >= 11 is 1.60. The van der Waals surface area contributed by atoms with Gasteiger partial charge >= 0.3 is 0 Å². The van der Waals surface area contributed by atoms with Crippen molar-refractivity contribution in [2.24, 2.45) is 0 Å².